The van der Waals surface area contributed by atoms with Gasteiger partial charge in [-0.15, -0.1) is 10.2 Å². The number of para-hydroxylation sites is 2. The molecule has 0 bridgehead atoms. The van der Waals surface area contributed by atoms with Gasteiger partial charge < -0.3 is 15.0 Å². The van der Waals surface area contributed by atoms with Gasteiger partial charge in [0.1, 0.15) is 5.75 Å². The lowest BCUT2D eigenvalue weighted by Gasteiger charge is -2.29. The number of aromatic nitrogens is 3. The Morgan fingerprint density at radius 2 is 1.79 bits per heavy atom. The van der Waals surface area contributed by atoms with E-state index in [2.05, 4.69) is 37.5 Å². The molecule has 0 unspecified atom stereocenters. The van der Waals surface area contributed by atoms with Gasteiger partial charge in [-0.25, -0.2) is 0 Å². The monoisotopic (exact) mass is 591 g/mol. The number of ether oxygens (including phenoxy) is 1. The number of thioether (sulfide) groups is 1. The number of benzene rings is 3. The third-order valence-electron chi connectivity index (χ3n) is 6.28. The van der Waals surface area contributed by atoms with E-state index in [0.29, 0.717) is 28.8 Å². The van der Waals surface area contributed by atoms with Gasteiger partial charge in [-0.1, -0.05) is 58.0 Å². The fourth-order valence-electron chi connectivity index (χ4n) is 4.44. The molecule has 2 heterocycles. The number of nitrogens with zero attached hydrogens (tertiary/aromatic N) is 4. The maximum Gasteiger partial charge on any atom is 0.255 e. The molecule has 194 valence electrons. The average molecular weight is 593 g/mol. The zero-order chi connectivity index (χ0) is 26.5. The van der Waals surface area contributed by atoms with Crippen molar-refractivity contribution in [2.24, 2.45) is 0 Å². The summed E-state index contributed by atoms with van der Waals surface area (Å²) in [6, 6.07) is 22.8. The molecule has 1 aromatic heterocycles. The molecule has 0 spiro atoms. The van der Waals surface area contributed by atoms with Crippen molar-refractivity contribution in [2.45, 2.75) is 24.5 Å². The number of aryl methyl sites for hydroxylation is 1. The summed E-state index contributed by atoms with van der Waals surface area (Å²) >= 11 is 4.81. The van der Waals surface area contributed by atoms with Crippen molar-refractivity contribution < 1.29 is 14.3 Å². The quantitative estimate of drug-likeness (QED) is 0.289. The predicted octanol–water partition coefficient (Wildman–Crippen LogP) is 5.04. The Kier molecular flexibility index (Phi) is 8.09. The minimum Gasteiger partial charge on any atom is -0.496 e. The first kappa shape index (κ1) is 26.0. The number of hydrogen-bond acceptors (Lipinski definition) is 6. The van der Waals surface area contributed by atoms with E-state index in [0.717, 1.165) is 28.7 Å². The normalized spacial score (nSPS) is 12.6. The van der Waals surface area contributed by atoms with Gasteiger partial charge >= 0.3 is 0 Å². The second kappa shape index (κ2) is 11.8. The van der Waals surface area contributed by atoms with E-state index in [9.17, 15) is 9.59 Å². The van der Waals surface area contributed by atoms with Crippen LogP contribution in [-0.2, 0) is 17.8 Å². The van der Waals surface area contributed by atoms with Gasteiger partial charge in [-0.2, -0.15) is 0 Å². The highest BCUT2D eigenvalue weighted by molar-refractivity contribution is 9.10. The molecule has 0 radical (unpaired) electrons. The fraction of sp³-hybridized carbons (Fsp3) is 0.214. The molecule has 38 heavy (non-hydrogen) atoms. The number of halogens is 1. The summed E-state index contributed by atoms with van der Waals surface area (Å²) in [6.07, 6.45) is 1.92. The summed E-state index contributed by atoms with van der Waals surface area (Å²) in [7, 11) is 1.53. The highest BCUT2D eigenvalue weighted by atomic mass is 79.9. The van der Waals surface area contributed by atoms with E-state index in [1.54, 1.807) is 18.2 Å². The summed E-state index contributed by atoms with van der Waals surface area (Å²) in [4.78, 5) is 28.0. The summed E-state index contributed by atoms with van der Waals surface area (Å²) in [5, 5.41) is 12.2. The number of anilines is 1. The molecule has 0 atom stereocenters. The molecule has 1 aliphatic heterocycles. The van der Waals surface area contributed by atoms with Gasteiger partial charge in [0, 0.05) is 22.4 Å². The third-order valence-corrected chi connectivity index (χ3v) is 7.72. The van der Waals surface area contributed by atoms with Crippen molar-refractivity contribution >= 4 is 45.2 Å². The van der Waals surface area contributed by atoms with E-state index in [-0.39, 0.29) is 24.1 Å². The van der Waals surface area contributed by atoms with Crippen LogP contribution in [0.15, 0.2) is 82.4 Å². The van der Waals surface area contributed by atoms with Crippen molar-refractivity contribution in [2.75, 3.05) is 24.3 Å². The SMILES string of the molecule is COc1ccccc1C(=O)NCc1nnc(SCC(=O)N2CCCc3ccccc32)n1-c1ccc(Br)cc1. The van der Waals surface area contributed by atoms with E-state index in [1.165, 1.54) is 24.4 Å². The van der Waals surface area contributed by atoms with Crippen molar-refractivity contribution in [3.63, 3.8) is 0 Å². The number of carbonyl (C=O) groups excluding carboxylic acids is 2. The van der Waals surface area contributed by atoms with E-state index in [1.807, 2.05) is 58.0 Å². The minimum atomic E-state index is -0.277. The molecule has 0 aliphatic carbocycles. The Morgan fingerprint density at radius 3 is 2.61 bits per heavy atom. The standard InChI is InChI=1S/C28H26BrN5O3S/c1-37-24-11-5-3-9-22(24)27(36)30-17-25-31-32-28(34(25)21-14-12-20(29)13-15-21)38-18-26(35)33-16-6-8-19-7-2-4-10-23(19)33/h2-5,7,9-15H,6,8,16-18H2,1H3,(H,30,36). The first-order valence-electron chi connectivity index (χ1n) is 12.2. The number of nitrogens with one attached hydrogen (secondary N) is 1. The molecule has 1 N–H and O–H groups in total. The molecule has 1 aliphatic rings. The van der Waals surface area contributed by atoms with Crippen LogP contribution in [0.4, 0.5) is 5.69 Å². The van der Waals surface area contributed by atoms with Crippen LogP contribution in [0.5, 0.6) is 5.75 Å². The predicted molar refractivity (Wildman–Crippen MR) is 151 cm³/mol. The first-order chi connectivity index (χ1) is 18.5. The van der Waals surface area contributed by atoms with Gasteiger partial charge in [-0.05, 0) is 60.9 Å². The molecular weight excluding hydrogens is 566 g/mol. The fourth-order valence-corrected chi connectivity index (χ4v) is 5.55. The molecule has 0 saturated carbocycles. The number of carbonyl (C=O) groups is 2. The third kappa shape index (κ3) is 5.61. The van der Waals surface area contributed by atoms with Crippen LogP contribution in [-0.4, -0.2) is 46.0 Å². The highest BCUT2D eigenvalue weighted by Crippen LogP contribution is 2.29. The van der Waals surface area contributed by atoms with Gasteiger partial charge in [0.2, 0.25) is 5.91 Å². The van der Waals surface area contributed by atoms with Crippen molar-refractivity contribution in [3.8, 4) is 11.4 Å². The van der Waals surface area contributed by atoms with Crippen LogP contribution >= 0.6 is 27.7 Å². The Hall–Kier alpha value is -3.63. The lowest BCUT2D eigenvalue weighted by Crippen LogP contribution is -2.36. The van der Waals surface area contributed by atoms with Gasteiger partial charge in [0.05, 0.1) is 25.0 Å². The largest absolute Gasteiger partial charge is 0.496 e. The summed E-state index contributed by atoms with van der Waals surface area (Å²) in [6.45, 7) is 0.851. The molecule has 4 aromatic rings. The molecule has 0 fully saturated rings. The van der Waals surface area contributed by atoms with Crippen molar-refractivity contribution in [1.82, 2.24) is 20.1 Å². The number of amides is 2. The molecule has 3 aromatic carbocycles. The zero-order valence-electron chi connectivity index (χ0n) is 20.8. The van der Waals surface area contributed by atoms with Crippen LogP contribution in [0.25, 0.3) is 5.69 Å². The smallest absolute Gasteiger partial charge is 0.255 e. The van der Waals surface area contributed by atoms with Crippen molar-refractivity contribution in [3.05, 3.63) is 94.2 Å². The van der Waals surface area contributed by atoms with Crippen LogP contribution < -0.4 is 15.0 Å². The maximum atomic E-state index is 13.2. The summed E-state index contributed by atoms with van der Waals surface area (Å²) in [5.41, 5.74) is 3.45. The molecule has 8 nitrogen and oxygen atoms in total. The van der Waals surface area contributed by atoms with Crippen molar-refractivity contribution in [1.29, 1.82) is 0 Å². The molecule has 5 rings (SSSR count). The highest BCUT2D eigenvalue weighted by Gasteiger charge is 2.24. The van der Waals surface area contributed by atoms with Gasteiger partial charge in [0.25, 0.3) is 5.91 Å². The average Bonchev–Trinajstić information content (AvgIpc) is 3.37. The minimum absolute atomic E-state index is 0.0264. The number of methoxy groups -OCH3 is 1. The van der Waals surface area contributed by atoms with E-state index < -0.39 is 0 Å². The second-order valence-electron chi connectivity index (χ2n) is 8.66. The van der Waals surface area contributed by atoms with Crippen LogP contribution in [0.3, 0.4) is 0 Å². The second-order valence-corrected chi connectivity index (χ2v) is 10.5. The summed E-state index contributed by atoms with van der Waals surface area (Å²) in [5.74, 6) is 1.01. The van der Waals surface area contributed by atoms with E-state index >= 15 is 0 Å². The first-order valence-corrected chi connectivity index (χ1v) is 14.0. The van der Waals surface area contributed by atoms with Gasteiger partial charge in [0.15, 0.2) is 11.0 Å². The Balaban J connectivity index is 1.35. The Morgan fingerprint density at radius 1 is 1.03 bits per heavy atom. The van der Waals surface area contributed by atoms with E-state index in [4.69, 9.17) is 4.74 Å². The van der Waals surface area contributed by atoms with Crippen LogP contribution in [0, 0.1) is 0 Å². The number of hydrogen-bond donors (Lipinski definition) is 1. The van der Waals surface area contributed by atoms with Crippen LogP contribution in [0.2, 0.25) is 0 Å². The lowest BCUT2D eigenvalue weighted by molar-refractivity contribution is -0.116. The molecule has 0 saturated heterocycles. The maximum absolute atomic E-state index is 13.2. The number of rotatable bonds is 8. The van der Waals surface area contributed by atoms with Gasteiger partial charge in [-0.3, -0.25) is 14.2 Å². The Labute approximate surface area is 233 Å². The Bertz CT molecular complexity index is 1460. The molecule has 2 amide bonds. The molecular formula is C28H26BrN5O3S. The number of fused-ring (bicyclic) bond motifs is 1. The molecule has 10 heteroatoms. The van der Waals surface area contributed by atoms with Crippen LogP contribution in [0.1, 0.15) is 28.2 Å². The zero-order valence-corrected chi connectivity index (χ0v) is 23.2. The summed E-state index contributed by atoms with van der Waals surface area (Å²) < 4.78 is 8.13. The topological polar surface area (TPSA) is 89.3 Å². The lowest BCUT2D eigenvalue weighted by atomic mass is 10.0.